The van der Waals surface area contributed by atoms with Crippen LogP contribution in [-0.2, 0) is 6.61 Å². The molecular weight excluding hydrogens is 286 g/mol. The molecule has 0 N–H and O–H groups in total. The van der Waals surface area contributed by atoms with Gasteiger partial charge in [-0.15, -0.1) is 0 Å². The van der Waals surface area contributed by atoms with E-state index in [2.05, 4.69) is 0 Å². The molecule has 0 atom stereocenters. The van der Waals surface area contributed by atoms with Gasteiger partial charge in [-0.05, 0) is 35.4 Å². The summed E-state index contributed by atoms with van der Waals surface area (Å²) in [7, 11) is 0. The molecule has 0 aliphatic carbocycles. The van der Waals surface area contributed by atoms with Crippen LogP contribution in [0.1, 0.15) is 11.1 Å². The quantitative estimate of drug-likeness (QED) is 0.802. The molecular formula is C17H10F2N2O. The van der Waals surface area contributed by atoms with Crippen LogP contribution in [0.25, 0.3) is 6.08 Å². The summed E-state index contributed by atoms with van der Waals surface area (Å²) in [4.78, 5) is 0. The number of para-hydroxylation sites is 1. The highest BCUT2D eigenvalue weighted by Gasteiger charge is 2.09. The van der Waals surface area contributed by atoms with Gasteiger partial charge in [-0.25, -0.2) is 8.78 Å². The molecule has 0 aliphatic heterocycles. The van der Waals surface area contributed by atoms with Crippen molar-refractivity contribution < 1.29 is 13.5 Å². The molecule has 0 heterocycles. The largest absolute Gasteiger partial charge is 0.483 e. The summed E-state index contributed by atoms with van der Waals surface area (Å²) in [5, 5.41) is 17.4. The fraction of sp³-hybridized carbons (Fsp3) is 0.0588. The highest BCUT2D eigenvalue weighted by atomic mass is 19.1. The third-order valence-corrected chi connectivity index (χ3v) is 2.81. The Kier molecular flexibility index (Phi) is 4.85. The summed E-state index contributed by atoms with van der Waals surface area (Å²) in [6, 6.07) is 13.8. The van der Waals surface area contributed by atoms with E-state index in [0.717, 1.165) is 12.1 Å². The topological polar surface area (TPSA) is 56.8 Å². The molecule has 108 valence electrons. The molecule has 0 fully saturated rings. The lowest BCUT2D eigenvalue weighted by Crippen LogP contribution is -2.00. The lowest BCUT2D eigenvalue weighted by Gasteiger charge is -2.08. The molecule has 2 rings (SSSR count). The molecule has 0 radical (unpaired) electrons. The van der Waals surface area contributed by atoms with E-state index in [-0.39, 0.29) is 12.2 Å². The monoisotopic (exact) mass is 296 g/mol. The minimum Gasteiger partial charge on any atom is -0.483 e. The van der Waals surface area contributed by atoms with Crippen molar-refractivity contribution in [2.24, 2.45) is 0 Å². The van der Waals surface area contributed by atoms with E-state index < -0.39 is 17.4 Å². The Morgan fingerprint density at radius 3 is 2.32 bits per heavy atom. The number of nitriles is 2. The second-order valence-corrected chi connectivity index (χ2v) is 4.37. The Hall–Kier alpha value is -3.18. The summed E-state index contributed by atoms with van der Waals surface area (Å²) in [6.45, 7) is -0.0338. The highest BCUT2D eigenvalue weighted by Crippen LogP contribution is 2.22. The van der Waals surface area contributed by atoms with Crippen molar-refractivity contribution in [3.8, 4) is 17.9 Å². The van der Waals surface area contributed by atoms with Crippen LogP contribution < -0.4 is 4.74 Å². The molecule has 5 heteroatoms. The number of hydrogen-bond acceptors (Lipinski definition) is 3. The van der Waals surface area contributed by atoms with Crippen molar-refractivity contribution in [1.82, 2.24) is 0 Å². The zero-order valence-electron chi connectivity index (χ0n) is 11.4. The minimum atomic E-state index is -0.771. The normalized spacial score (nSPS) is 9.45. The summed E-state index contributed by atoms with van der Waals surface area (Å²) >= 11 is 0. The van der Waals surface area contributed by atoms with Crippen LogP contribution in [0.15, 0.2) is 48.0 Å². The van der Waals surface area contributed by atoms with E-state index in [1.54, 1.807) is 36.4 Å². The molecule has 0 aromatic heterocycles. The standard InChI is InChI=1S/C17H10F2N2O/c18-15-5-2-6-16(19)17(15)22-11-13-4-1-3-12(7-13)8-14(9-20)10-21/h1-8H,11H2. The Bertz CT molecular complexity index is 765. The first kappa shape index (κ1) is 15.2. The van der Waals surface area contributed by atoms with Crippen LogP contribution in [0.2, 0.25) is 0 Å². The average molecular weight is 296 g/mol. The minimum absolute atomic E-state index is 0.0294. The SMILES string of the molecule is N#CC(C#N)=Cc1cccc(COc2c(F)cccc2F)c1. The maximum Gasteiger partial charge on any atom is 0.191 e. The van der Waals surface area contributed by atoms with Crippen molar-refractivity contribution in [2.75, 3.05) is 0 Å². The predicted molar refractivity (Wildman–Crippen MR) is 76.3 cm³/mol. The number of nitrogens with zero attached hydrogens (tertiary/aromatic N) is 2. The van der Waals surface area contributed by atoms with Gasteiger partial charge in [0.2, 0.25) is 0 Å². The lowest BCUT2D eigenvalue weighted by molar-refractivity contribution is 0.274. The summed E-state index contributed by atoms with van der Waals surface area (Å²) < 4.78 is 32.1. The van der Waals surface area contributed by atoms with Gasteiger partial charge in [0.25, 0.3) is 0 Å². The van der Waals surface area contributed by atoms with Crippen LogP contribution in [0.3, 0.4) is 0 Å². The van der Waals surface area contributed by atoms with Gasteiger partial charge < -0.3 is 4.74 Å². The molecule has 0 spiro atoms. The Morgan fingerprint density at radius 2 is 1.68 bits per heavy atom. The van der Waals surface area contributed by atoms with Gasteiger partial charge in [0.1, 0.15) is 24.3 Å². The number of ether oxygens (including phenoxy) is 1. The summed E-state index contributed by atoms with van der Waals surface area (Å²) in [5.74, 6) is -1.97. The number of hydrogen-bond donors (Lipinski definition) is 0. The van der Waals surface area contributed by atoms with Crippen molar-refractivity contribution in [1.29, 1.82) is 10.5 Å². The zero-order valence-corrected chi connectivity index (χ0v) is 11.4. The molecule has 3 nitrogen and oxygen atoms in total. The van der Waals surface area contributed by atoms with Gasteiger partial charge in [0.05, 0.1) is 0 Å². The Labute approximate surface area is 126 Å². The second kappa shape index (κ2) is 7.01. The molecule has 0 amide bonds. The molecule has 0 aliphatic rings. The Morgan fingerprint density at radius 1 is 1.05 bits per heavy atom. The van der Waals surface area contributed by atoms with Crippen LogP contribution in [0, 0.1) is 34.3 Å². The van der Waals surface area contributed by atoms with Crippen molar-refractivity contribution >= 4 is 6.08 Å². The van der Waals surface area contributed by atoms with Crippen LogP contribution in [0.5, 0.6) is 5.75 Å². The molecule has 2 aromatic carbocycles. The van der Waals surface area contributed by atoms with Crippen LogP contribution in [-0.4, -0.2) is 0 Å². The van der Waals surface area contributed by atoms with E-state index in [1.807, 2.05) is 0 Å². The molecule has 0 bridgehead atoms. The highest BCUT2D eigenvalue weighted by molar-refractivity contribution is 5.62. The zero-order chi connectivity index (χ0) is 15.9. The third kappa shape index (κ3) is 3.68. The molecule has 22 heavy (non-hydrogen) atoms. The number of benzene rings is 2. The fourth-order valence-electron chi connectivity index (χ4n) is 1.80. The Balaban J connectivity index is 2.17. The van der Waals surface area contributed by atoms with Gasteiger partial charge in [0, 0.05) is 0 Å². The van der Waals surface area contributed by atoms with Gasteiger partial charge in [-0.1, -0.05) is 24.3 Å². The van der Waals surface area contributed by atoms with Gasteiger partial charge >= 0.3 is 0 Å². The van der Waals surface area contributed by atoms with E-state index in [0.29, 0.717) is 11.1 Å². The fourth-order valence-corrected chi connectivity index (χ4v) is 1.80. The maximum absolute atomic E-state index is 13.4. The average Bonchev–Trinajstić information content (AvgIpc) is 2.52. The second-order valence-electron chi connectivity index (χ2n) is 4.37. The molecule has 0 saturated heterocycles. The van der Waals surface area contributed by atoms with Gasteiger partial charge in [-0.2, -0.15) is 10.5 Å². The first-order valence-corrected chi connectivity index (χ1v) is 6.31. The van der Waals surface area contributed by atoms with Crippen LogP contribution >= 0.6 is 0 Å². The molecule has 0 saturated carbocycles. The van der Waals surface area contributed by atoms with Crippen molar-refractivity contribution in [2.45, 2.75) is 6.61 Å². The van der Waals surface area contributed by atoms with Crippen molar-refractivity contribution in [3.05, 3.63) is 70.8 Å². The predicted octanol–water partition coefficient (Wildman–Crippen LogP) is 3.97. The maximum atomic E-state index is 13.4. The van der Waals surface area contributed by atoms with Gasteiger partial charge in [0.15, 0.2) is 17.4 Å². The summed E-state index contributed by atoms with van der Waals surface area (Å²) in [6.07, 6.45) is 1.42. The molecule has 0 unspecified atom stereocenters. The lowest BCUT2D eigenvalue weighted by atomic mass is 10.1. The third-order valence-electron chi connectivity index (χ3n) is 2.81. The first-order chi connectivity index (χ1) is 10.6. The first-order valence-electron chi connectivity index (χ1n) is 6.31. The van der Waals surface area contributed by atoms with E-state index in [1.165, 1.54) is 12.1 Å². The smallest absolute Gasteiger partial charge is 0.191 e. The van der Waals surface area contributed by atoms with Gasteiger partial charge in [-0.3, -0.25) is 0 Å². The number of allylic oxidation sites excluding steroid dienone is 1. The summed E-state index contributed by atoms with van der Waals surface area (Å²) in [5.41, 5.74) is 1.26. The van der Waals surface area contributed by atoms with Crippen molar-refractivity contribution in [3.63, 3.8) is 0 Å². The number of rotatable bonds is 4. The number of halogens is 2. The van der Waals surface area contributed by atoms with E-state index in [9.17, 15) is 8.78 Å². The molecule has 2 aromatic rings. The van der Waals surface area contributed by atoms with E-state index in [4.69, 9.17) is 15.3 Å². The van der Waals surface area contributed by atoms with Crippen LogP contribution in [0.4, 0.5) is 8.78 Å². The van der Waals surface area contributed by atoms with E-state index >= 15 is 0 Å².